The van der Waals surface area contributed by atoms with Gasteiger partial charge in [0, 0.05) is 101 Å². The van der Waals surface area contributed by atoms with Crippen LogP contribution >= 0.6 is 23.2 Å². The van der Waals surface area contributed by atoms with E-state index in [1.54, 1.807) is 177 Å². The molecule has 1 N–H and O–H groups in total. The predicted molar refractivity (Wildman–Crippen MR) is 349 cm³/mol. The minimum Gasteiger partial charge on any atom is -0.326 e. The van der Waals surface area contributed by atoms with E-state index in [2.05, 4.69) is 30.2 Å². The van der Waals surface area contributed by atoms with Gasteiger partial charge in [-0.1, -0.05) is 156 Å². The van der Waals surface area contributed by atoms with Gasteiger partial charge in [0.15, 0.2) is 23.1 Å². The number of halogens is 2. The van der Waals surface area contributed by atoms with Gasteiger partial charge in [0.2, 0.25) is 11.7 Å². The predicted octanol–water partition coefficient (Wildman–Crippen LogP) is 16.5. The molecule has 0 saturated carbocycles. The maximum atomic E-state index is 11.9. The molecular formula is C73H58Cl2N6O6. The number of carbonyl (C=O) groups is 6. The number of amides is 1. The minimum absolute atomic E-state index is 0.00810. The molecule has 5 heterocycles. The molecule has 0 radical (unpaired) electrons. The Hall–Kier alpha value is -11.1. The molecule has 0 saturated heterocycles. The fourth-order valence-corrected chi connectivity index (χ4v) is 7.62. The first-order valence-electron chi connectivity index (χ1n) is 26.9. The Morgan fingerprint density at radius 2 is 0.759 bits per heavy atom. The van der Waals surface area contributed by atoms with E-state index in [0.29, 0.717) is 38.0 Å². The Balaban J connectivity index is 0.000000174. The van der Waals surface area contributed by atoms with Crippen molar-refractivity contribution in [1.29, 1.82) is 0 Å². The number of ketones is 5. The summed E-state index contributed by atoms with van der Waals surface area (Å²) >= 11 is 12.0. The molecule has 1 amide bonds. The van der Waals surface area contributed by atoms with Gasteiger partial charge in [-0.15, -0.1) is 0 Å². The molecular weight excluding hydrogens is 1130 g/mol. The summed E-state index contributed by atoms with van der Waals surface area (Å²) in [6.45, 7) is 3.50. The molecule has 0 aliphatic rings. The van der Waals surface area contributed by atoms with Crippen LogP contribution in [0.5, 0.6) is 0 Å². The number of nitrogens with one attached hydrogen (secondary N) is 1. The molecule has 87 heavy (non-hydrogen) atoms. The van der Waals surface area contributed by atoms with Crippen molar-refractivity contribution in [1.82, 2.24) is 24.9 Å². The first-order chi connectivity index (χ1) is 42.3. The molecule has 0 aliphatic heterocycles. The van der Waals surface area contributed by atoms with Crippen LogP contribution in [0.2, 0.25) is 10.0 Å². The fraction of sp³-hybridized carbons (Fsp3) is 0.0274. The maximum absolute atomic E-state index is 11.9. The number of nitrogens with zero attached hydrogens (tertiary/aromatic N) is 5. The van der Waals surface area contributed by atoms with Crippen molar-refractivity contribution in [3.63, 3.8) is 0 Å². The normalized spacial score (nSPS) is 10.6. The van der Waals surface area contributed by atoms with Crippen molar-refractivity contribution in [3.05, 3.63) is 352 Å². The van der Waals surface area contributed by atoms with Gasteiger partial charge < -0.3 is 5.32 Å². The second kappa shape index (κ2) is 36.5. The number of rotatable bonds is 16. The third-order valence-corrected chi connectivity index (χ3v) is 12.5. The smallest absolute Gasteiger partial charge is 0.221 e. The highest BCUT2D eigenvalue weighted by Gasteiger charge is 2.05. The SMILES string of the molecule is CC(=O)Nc1ccc(/C=C/C(=O)c2ccncc2)cc1.Cc1ccc(/C=C/C(=O)c2cccnc2)cc1.O=C(/C=C/c1ccccc1)c1ccncc1.O=C(/C=C/c1ccccc1Cl)c1ccccn1.O=C(/C=C/c1ccccc1Cl)c1cccnc1. The van der Waals surface area contributed by atoms with Gasteiger partial charge in [0.05, 0.1) is 0 Å². The highest BCUT2D eigenvalue weighted by Crippen LogP contribution is 2.18. The average Bonchev–Trinajstić information content (AvgIpc) is 3.62. The largest absolute Gasteiger partial charge is 0.326 e. The summed E-state index contributed by atoms with van der Waals surface area (Å²) in [4.78, 5) is 89.2. The van der Waals surface area contributed by atoms with Gasteiger partial charge >= 0.3 is 0 Å². The molecule has 12 nitrogen and oxygen atoms in total. The first kappa shape index (κ1) is 65.1. The van der Waals surface area contributed by atoms with E-state index in [-0.39, 0.29) is 34.8 Å². The van der Waals surface area contributed by atoms with Crippen molar-refractivity contribution < 1.29 is 28.8 Å². The Bertz CT molecular complexity index is 3860. The standard InChI is InChI=1S/C16H14N2O2.C15H13NO.2C14H10ClNO.C14H11NO/c1-12(19)18-15-5-2-13(3-6-15)4-7-16(20)14-8-10-17-11-9-14;1-12-4-6-13(7-5-12)8-9-15(17)14-3-2-10-16-11-14;15-12-6-2-1-5-11(12)8-9-14(17)13-7-3-4-10-16-13;15-13-6-2-1-4-11(13)7-8-14(17)12-5-3-9-16-10-12;16-14(13-8-10-15-11-9-13)7-6-12-4-2-1-3-5-12/h2-11H,1H3,(H,18,19);2-11H,1H3;2*1-10H;1-11H/b7-4+;2*9-8+;8-7+;7-6+. The lowest BCUT2D eigenvalue weighted by atomic mass is 10.1. The number of aryl methyl sites for hydroxylation is 1. The van der Waals surface area contributed by atoms with Crippen molar-refractivity contribution in [2.45, 2.75) is 13.8 Å². The molecule has 0 spiro atoms. The van der Waals surface area contributed by atoms with Gasteiger partial charge in [-0.05, 0) is 162 Å². The van der Waals surface area contributed by atoms with Crippen LogP contribution in [0.1, 0.15) is 92.2 Å². The molecule has 0 fully saturated rings. The van der Waals surface area contributed by atoms with Crippen LogP contribution < -0.4 is 5.32 Å². The van der Waals surface area contributed by atoms with Crippen LogP contribution in [0.25, 0.3) is 30.4 Å². The van der Waals surface area contributed by atoms with E-state index in [1.165, 1.54) is 30.7 Å². The molecule has 14 heteroatoms. The van der Waals surface area contributed by atoms with E-state index in [9.17, 15) is 28.8 Å². The van der Waals surface area contributed by atoms with E-state index in [0.717, 1.165) is 33.5 Å². The zero-order chi connectivity index (χ0) is 61.9. The summed E-state index contributed by atoms with van der Waals surface area (Å²) in [5.41, 5.74) is 9.37. The second-order valence-corrected chi connectivity index (χ2v) is 19.1. The number of benzene rings is 5. The van der Waals surface area contributed by atoms with Crippen LogP contribution in [0, 0.1) is 6.92 Å². The lowest BCUT2D eigenvalue weighted by Gasteiger charge is -2.01. The van der Waals surface area contributed by atoms with Crippen LogP contribution in [-0.2, 0) is 4.79 Å². The number of allylic oxidation sites excluding steroid dienone is 5. The first-order valence-corrected chi connectivity index (χ1v) is 27.7. The Labute approximate surface area is 515 Å². The summed E-state index contributed by atoms with van der Waals surface area (Å²) in [7, 11) is 0. The van der Waals surface area contributed by atoms with Crippen molar-refractivity contribution in [3.8, 4) is 0 Å². The highest BCUT2D eigenvalue weighted by atomic mass is 35.5. The highest BCUT2D eigenvalue weighted by molar-refractivity contribution is 6.32. The Morgan fingerprint density at radius 1 is 0.356 bits per heavy atom. The monoisotopic (exact) mass is 1180 g/mol. The number of hydrogen-bond donors (Lipinski definition) is 1. The zero-order valence-corrected chi connectivity index (χ0v) is 48.9. The molecule has 0 unspecified atom stereocenters. The lowest BCUT2D eigenvalue weighted by Crippen LogP contribution is -2.05. The number of hydrogen-bond acceptors (Lipinski definition) is 11. The van der Waals surface area contributed by atoms with Gasteiger partial charge in [-0.3, -0.25) is 53.7 Å². The molecule has 10 aromatic rings. The van der Waals surface area contributed by atoms with Gasteiger partial charge in [-0.2, -0.15) is 0 Å². The molecule has 10 rings (SSSR count). The molecule has 5 aromatic carbocycles. The summed E-state index contributed by atoms with van der Waals surface area (Å²) in [5.74, 6) is -0.437. The fourth-order valence-electron chi connectivity index (χ4n) is 7.22. The van der Waals surface area contributed by atoms with Gasteiger partial charge in [0.1, 0.15) is 5.69 Å². The number of anilines is 1. The van der Waals surface area contributed by atoms with Crippen LogP contribution in [0.15, 0.2) is 280 Å². The summed E-state index contributed by atoms with van der Waals surface area (Å²) < 4.78 is 0. The van der Waals surface area contributed by atoms with E-state index >= 15 is 0 Å². The number of pyridine rings is 5. The molecule has 0 aliphatic carbocycles. The summed E-state index contributed by atoms with van der Waals surface area (Å²) in [6.07, 6.45) is 30.8. The summed E-state index contributed by atoms with van der Waals surface area (Å²) in [6, 6.07) is 58.7. The van der Waals surface area contributed by atoms with E-state index < -0.39 is 0 Å². The van der Waals surface area contributed by atoms with Crippen molar-refractivity contribution >= 4 is 94.1 Å². The Morgan fingerprint density at radius 3 is 1.18 bits per heavy atom. The number of carbonyl (C=O) groups excluding carboxylic acids is 6. The second-order valence-electron chi connectivity index (χ2n) is 18.3. The van der Waals surface area contributed by atoms with Crippen LogP contribution in [0.3, 0.4) is 0 Å². The van der Waals surface area contributed by atoms with E-state index in [4.69, 9.17) is 23.2 Å². The molecule has 430 valence electrons. The maximum Gasteiger partial charge on any atom is 0.221 e. The average molecular weight is 1190 g/mol. The number of aromatic nitrogens is 5. The zero-order valence-electron chi connectivity index (χ0n) is 47.4. The molecule has 5 aromatic heterocycles. The van der Waals surface area contributed by atoms with E-state index in [1.807, 2.05) is 122 Å². The summed E-state index contributed by atoms with van der Waals surface area (Å²) in [5, 5.41) is 3.94. The Kier molecular flexibility index (Phi) is 27.3. The third kappa shape index (κ3) is 24.4. The molecule has 0 atom stereocenters. The minimum atomic E-state index is -0.134. The van der Waals surface area contributed by atoms with Crippen molar-refractivity contribution in [2.24, 2.45) is 0 Å². The van der Waals surface area contributed by atoms with Gasteiger partial charge in [0.25, 0.3) is 0 Å². The topological polar surface area (TPSA) is 179 Å². The van der Waals surface area contributed by atoms with Gasteiger partial charge in [-0.25, -0.2) is 0 Å². The van der Waals surface area contributed by atoms with Crippen LogP contribution in [-0.4, -0.2) is 59.7 Å². The lowest BCUT2D eigenvalue weighted by molar-refractivity contribution is -0.114. The third-order valence-electron chi connectivity index (χ3n) is 11.8. The quantitative estimate of drug-likeness (QED) is 0.0719. The van der Waals surface area contributed by atoms with Crippen LogP contribution in [0.4, 0.5) is 5.69 Å². The molecule has 0 bridgehead atoms. The van der Waals surface area contributed by atoms with Crippen molar-refractivity contribution in [2.75, 3.05) is 5.32 Å².